The Morgan fingerprint density at radius 1 is 1.38 bits per heavy atom. The van der Waals surface area contributed by atoms with Crippen LogP contribution in [0.3, 0.4) is 0 Å². The molecule has 0 fully saturated rings. The summed E-state index contributed by atoms with van der Waals surface area (Å²) in [5.74, 6) is 0. The quantitative estimate of drug-likeness (QED) is 0.506. The fourth-order valence-corrected chi connectivity index (χ4v) is 3.19. The van der Waals surface area contributed by atoms with Gasteiger partial charge in [0.05, 0.1) is 10.6 Å². The maximum atomic E-state index is 10.8. The van der Waals surface area contributed by atoms with Gasteiger partial charge in [0.1, 0.15) is 12.7 Å². The molecule has 124 valence electrons. The highest BCUT2D eigenvalue weighted by Crippen LogP contribution is 2.26. The average Bonchev–Trinajstić information content (AvgIpc) is 3.26. The molecule has 3 rings (SSSR count). The number of thiophene rings is 1. The Morgan fingerprint density at radius 2 is 2.12 bits per heavy atom. The van der Waals surface area contributed by atoms with E-state index >= 15 is 0 Å². The van der Waals surface area contributed by atoms with E-state index in [1.54, 1.807) is 17.1 Å². The minimum atomic E-state index is -0.347. The van der Waals surface area contributed by atoms with Gasteiger partial charge in [-0.3, -0.25) is 15.0 Å². The first-order valence-electron chi connectivity index (χ1n) is 7.41. The predicted molar refractivity (Wildman–Crippen MR) is 92.2 cm³/mol. The molecule has 0 saturated carbocycles. The molecule has 3 aromatic rings. The second kappa shape index (κ2) is 6.90. The highest BCUT2D eigenvalue weighted by atomic mass is 32.1. The molecule has 0 aliphatic heterocycles. The molecule has 0 spiro atoms. The summed E-state index contributed by atoms with van der Waals surface area (Å²) in [6.07, 6.45) is 3.17. The van der Waals surface area contributed by atoms with Crippen LogP contribution in [0.5, 0.6) is 0 Å². The van der Waals surface area contributed by atoms with Crippen molar-refractivity contribution < 1.29 is 4.92 Å². The Morgan fingerprint density at radius 3 is 2.71 bits per heavy atom. The van der Waals surface area contributed by atoms with Crippen LogP contribution in [-0.2, 0) is 6.54 Å². The molecule has 2 heterocycles. The van der Waals surface area contributed by atoms with E-state index in [1.807, 2.05) is 24.6 Å². The van der Waals surface area contributed by atoms with Gasteiger partial charge in [0.15, 0.2) is 0 Å². The van der Waals surface area contributed by atoms with Gasteiger partial charge in [-0.2, -0.15) is 5.10 Å². The van der Waals surface area contributed by atoms with Gasteiger partial charge in [-0.15, -0.1) is 0 Å². The molecule has 1 aromatic carbocycles. The van der Waals surface area contributed by atoms with Gasteiger partial charge in [0.25, 0.3) is 0 Å². The first-order chi connectivity index (χ1) is 11.5. The van der Waals surface area contributed by atoms with Crippen molar-refractivity contribution in [1.82, 2.24) is 19.7 Å². The molecule has 0 N–H and O–H groups in total. The predicted octanol–water partition coefficient (Wildman–Crippen LogP) is 3.43. The van der Waals surface area contributed by atoms with Gasteiger partial charge < -0.3 is 0 Å². The molecule has 1 atom stereocenters. The van der Waals surface area contributed by atoms with E-state index in [0.717, 1.165) is 11.3 Å². The molecule has 2 aromatic heterocycles. The van der Waals surface area contributed by atoms with Gasteiger partial charge >= 0.3 is 5.00 Å². The van der Waals surface area contributed by atoms with Crippen LogP contribution in [0.1, 0.15) is 24.1 Å². The van der Waals surface area contributed by atoms with Crippen LogP contribution >= 0.6 is 11.3 Å². The summed E-state index contributed by atoms with van der Waals surface area (Å²) in [4.78, 5) is 16.5. The van der Waals surface area contributed by atoms with E-state index in [9.17, 15) is 10.1 Å². The summed E-state index contributed by atoms with van der Waals surface area (Å²) in [6.45, 7) is 2.78. The molecule has 0 bridgehead atoms. The number of rotatable bonds is 6. The van der Waals surface area contributed by atoms with Gasteiger partial charge in [-0.1, -0.05) is 23.5 Å². The number of benzene rings is 1. The zero-order chi connectivity index (χ0) is 17.1. The number of hydrogen-bond donors (Lipinski definition) is 0. The van der Waals surface area contributed by atoms with Gasteiger partial charge in [0.2, 0.25) is 0 Å². The minimum Gasteiger partial charge on any atom is -0.295 e. The Hall–Kier alpha value is -2.58. The van der Waals surface area contributed by atoms with Crippen molar-refractivity contribution in [3.8, 4) is 5.69 Å². The Bertz CT molecular complexity index is 813. The molecule has 0 saturated heterocycles. The standard InChI is InChI=1S/C16H17N5O2S/c1-12(19(2)8-13-7-16(21(22)23)24-9-13)14-3-5-15(6-4-14)20-11-17-10-18-20/h3-7,9-12H,8H2,1-2H3. The van der Waals surface area contributed by atoms with Crippen LogP contribution in [0.15, 0.2) is 48.4 Å². The summed E-state index contributed by atoms with van der Waals surface area (Å²) in [7, 11) is 2.01. The van der Waals surface area contributed by atoms with Crippen LogP contribution in [0, 0.1) is 10.1 Å². The fourth-order valence-electron chi connectivity index (χ4n) is 2.47. The van der Waals surface area contributed by atoms with E-state index in [1.165, 1.54) is 23.2 Å². The molecule has 1 unspecified atom stereocenters. The van der Waals surface area contributed by atoms with Crippen LogP contribution in [-0.4, -0.2) is 31.6 Å². The largest absolute Gasteiger partial charge is 0.324 e. The van der Waals surface area contributed by atoms with E-state index in [-0.39, 0.29) is 16.0 Å². The smallest absolute Gasteiger partial charge is 0.295 e. The molecule has 0 radical (unpaired) electrons. The number of nitrogens with zero attached hydrogens (tertiary/aromatic N) is 5. The lowest BCUT2D eigenvalue weighted by atomic mass is 10.1. The second-order valence-electron chi connectivity index (χ2n) is 5.57. The van der Waals surface area contributed by atoms with Crippen molar-refractivity contribution in [2.75, 3.05) is 7.05 Å². The molecule has 8 heteroatoms. The molecule has 0 aliphatic rings. The third-order valence-electron chi connectivity index (χ3n) is 3.97. The van der Waals surface area contributed by atoms with E-state index < -0.39 is 0 Å². The number of aromatic nitrogens is 3. The van der Waals surface area contributed by atoms with E-state index in [0.29, 0.717) is 6.54 Å². The lowest BCUT2D eigenvalue weighted by molar-refractivity contribution is -0.380. The fraction of sp³-hybridized carbons (Fsp3) is 0.250. The van der Waals surface area contributed by atoms with Gasteiger partial charge in [0, 0.05) is 24.0 Å². The maximum Gasteiger partial charge on any atom is 0.324 e. The summed E-state index contributed by atoms with van der Waals surface area (Å²) < 4.78 is 1.71. The van der Waals surface area contributed by atoms with Crippen molar-refractivity contribution >= 4 is 16.3 Å². The van der Waals surface area contributed by atoms with Crippen LogP contribution in [0.4, 0.5) is 5.00 Å². The van der Waals surface area contributed by atoms with Gasteiger partial charge in [-0.05, 0) is 37.2 Å². The molecule has 24 heavy (non-hydrogen) atoms. The van der Waals surface area contributed by atoms with Crippen molar-refractivity contribution in [1.29, 1.82) is 0 Å². The monoisotopic (exact) mass is 343 g/mol. The third-order valence-corrected chi connectivity index (χ3v) is 4.90. The summed E-state index contributed by atoms with van der Waals surface area (Å²) in [5, 5.41) is 16.9. The summed E-state index contributed by atoms with van der Waals surface area (Å²) >= 11 is 1.17. The third kappa shape index (κ3) is 3.50. The zero-order valence-electron chi connectivity index (χ0n) is 13.4. The summed E-state index contributed by atoms with van der Waals surface area (Å²) in [5.41, 5.74) is 3.09. The SMILES string of the molecule is CC(c1ccc(-n2cncn2)cc1)N(C)Cc1csc([N+](=O)[O-])c1. The lowest BCUT2D eigenvalue weighted by Gasteiger charge is -2.24. The average molecular weight is 343 g/mol. The first kappa shape index (κ1) is 16.3. The van der Waals surface area contributed by atoms with Crippen molar-refractivity contribution in [2.24, 2.45) is 0 Å². The zero-order valence-corrected chi connectivity index (χ0v) is 14.2. The molecule has 7 nitrogen and oxygen atoms in total. The molecular weight excluding hydrogens is 326 g/mol. The van der Waals surface area contributed by atoms with E-state index in [2.05, 4.69) is 34.0 Å². The normalized spacial score (nSPS) is 12.5. The first-order valence-corrected chi connectivity index (χ1v) is 8.29. The highest BCUT2D eigenvalue weighted by Gasteiger charge is 2.15. The van der Waals surface area contributed by atoms with Gasteiger partial charge in [-0.25, -0.2) is 9.67 Å². The van der Waals surface area contributed by atoms with Crippen molar-refractivity contribution in [2.45, 2.75) is 19.5 Å². The molecule has 0 amide bonds. The van der Waals surface area contributed by atoms with Crippen molar-refractivity contribution in [3.05, 3.63) is 69.6 Å². The summed E-state index contributed by atoms with van der Waals surface area (Å²) in [6, 6.07) is 9.96. The highest BCUT2D eigenvalue weighted by molar-refractivity contribution is 7.13. The molecular formula is C16H17N5O2S. The van der Waals surface area contributed by atoms with Crippen LogP contribution in [0.2, 0.25) is 0 Å². The van der Waals surface area contributed by atoms with Crippen LogP contribution in [0.25, 0.3) is 5.69 Å². The number of hydrogen-bond acceptors (Lipinski definition) is 6. The molecule has 0 aliphatic carbocycles. The Kier molecular flexibility index (Phi) is 4.68. The Labute approximate surface area is 143 Å². The second-order valence-corrected chi connectivity index (χ2v) is 6.46. The Balaban J connectivity index is 1.68. The van der Waals surface area contributed by atoms with Crippen molar-refractivity contribution in [3.63, 3.8) is 0 Å². The number of nitro groups is 1. The maximum absolute atomic E-state index is 10.8. The van der Waals surface area contributed by atoms with E-state index in [4.69, 9.17) is 0 Å². The van der Waals surface area contributed by atoms with Crippen LogP contribution < -0.4 is 0 Å². The topological polar surface area (TPSA) is 77.1 Å². The minimum absolute atomic E-state index is 0.184. The lowest BCUT2D eigenvalue weighted by Crippen LogP contribution is -2.21.